The fraction of sp³-hybridized carbons (Fsp3) is 0.267. The first-order valence-corrected chi connectivity index (χ1v) is 9.59. The Bertz CT molecular complexity index is 905. The van der Waals surface area contributed by atoms with Crippen molar-refractivity contribution >= 4 is 38.9 Å². The van der Waals surface area contributed by atoms with Crippen molar-refractivity contribution in [1.82, 2.24) is 10.2 Å². The maximum Gasteiger partial charge on any atom is 0.276 e. The molecule has 3 rings (SSSR count). The lowest BCUT2D eigenvalue weighted by Crippen LogP contribution is -2.22. The van der Waals surface area contributed by atoms with Crippen LogP contribution in [0.15, 0.2) is 30.3 Å². The number of carbonyl (C=O) groups excluding carboxylic acids is 1. The third-order valence-electron chi connectivity index (χ3n) is 3.66. The molecule has 1 atom stereocenters. The van der Waals surface area contributed by atoms with Crippen LogP contribution in [0.4, 0.5) is 15.9 Å². The molecule has 1 aliphatic heterocycles. The van der Waals surface area contributed by atoms with Crippen LogP contribution in [0.1, 0.15) is 16.9 Å². The molecule has 0 saturated carbocycles. The van der Waals surface area contributed by atoms with Gasteiger partial charge in [-0.05, 0) is 36.8 Å². The molecule has 1 aromatic carbocycles. The van der Waals surface area contributed by atoms with Crippen molar-refractivity contribution in [3.63, 3.8) is 0 Å². The van der Waals surface area contributed by atoms with Gasteiger partial charge in [0, 0.05) is 11.7 Å². The summed E-state index contributed by atoms with van der Waals surface area (Å²) in [5.41, 5.74) is 0.390. The van der Waals surface area contributed by atoms with Gasteiger partial charge in [-0.3, -0.25) is 4.79 Å². The van der Waals surface area contributed by atoms with Gasteiger partial charge in [-0.25, -0.2) is 12.8 Å². The van der Waals surface area contributed by atoms with E-state index in [-0.39, 0.29) is 28.3 Å². The number of hydrogen-bond acceptors (Lipinski definition) is 6. The van der Waals surface area contributed by atoms with E-state index in [1.54, 1.807) is 6.07 Å². The summed E-state index contributed by atoms with van der Waals surface area (Å²) in [5, 5.41) is 13.1. The van der Waals surface area contributed by atoms with Gasteiger partial charge < -0.3 is 10.6 Å². The summed E-state index contributed by atoms with van der Waals surface area (Å²) >= 11 is 5.66. The minimum absolute atomic E-state index is 0.0578. The van der Waals surface area contributed by atoms with Crippen LogP contribution in [0, 0.1) is 5.82 Å². The Balaban J connectivity index is 1.63. The van der Waals surface area contributed by atoms with E-state index in [9.17, 15) is 17.6 Å². The first-order chi connectivity index (χ1) is 11.8. The number of anilines is 2. The van der Waals surface area contributed by atoms with Crippen molar-refractivity contribution in [3.05, 3.63) is 46.9 Å². The minimum Gasteiger partial charge on any atom is -0.365 e. The Morgan fingerprint density at radius 2 is 2.04 bits per heavy atom. The lowest BCUT2D eigenvalue weighted by Gasteiger charge is -2.11. The topological polar surface area (TPSA) is 101 Å². The van der Waals surface area contributed by atoms with E-state index in [4.69, 9.17) is 11.6 Å². The molecule has 7 nitrogen and oxygen atoms in total. The van der Waals surface area contributed by atoms with E-state index in [2.05, 4.69) is 20.8 Å². The fourth-order valence-corrected chi connectivity index (χ4v) is 4.27. The maximum atomic E-state index is 13.1. The molecule has 2 heterocycles. The number of benzene rings is 1. The summed E-state index contributed by atoms with van der Waals surface area (Å²) in [6.07, 6.45) is 0.511. The van der Waals surface area contributed by atoms with Gasteiger partial charge in [0.15, 0.2) is 15.5 Å². The van der Waals surface area contributed by atoms with Crippen LogP contribution in [0.3, 0.4) is 0 Å². The molecule has 1 unspecified atom stereocenters. The van der Waals surface area contributed by atoms with Gasteiger partial charge in [0.1, 0.15) is 11.6 Å². The normalized spacial score (nSPS) is 18.7. The zero-order chi connectivity index (χ0) is 18.0. The number of amides is 1. The van der Waals surface area contributed by atoms with Crippen molar-refractivity contribution in [3.8, 4) is 0 Å². The van der Waals surface area contributed by atoms with Crippen molar-refractivity contribution in [1.29, 1.82) is 0 Å². The Morgan fingerprint density at radius 3 is 2.64 bits per heavy atom. The number of halogens is 2. The highest BCUT2D eigenvalue weighted by Crippen LogP contribution is 2.20. The predicted molar refractivity (Wildman–Crippen MR) is 92.1 cm³/mol. The van der Waals surface area contributed by atoms with E-state index in [1.807, 2.05) is 0 Å². The van der Waals surface area contributed by atoms with Crippen LogP contribution in [-0.4, -0.2) is 42.1 Å². The molecule has 1 aliphatic rings. The molecule has 0 radical (unpaired) electrons. The number of sulfone groups is 1. The quantitative estimate of drug-likeness (QED) is 0.837. The lowest BCUT2D eigenvalue weighted by molar-refractivity contribution is 0.102. The second-order valence-electron chi connectivity index (χ2n) is 5.63. The van der Waals surface area contributed by atoms with E-state index >= 15 is 0 Å². The second-order valence-corrected chi connectivity index (χ2v) is 8.27. The maximum absolute atomic E-state index is 13.1. The van der Waals surface area contributed by atoms with Crippen LogP contribution < -0.4 is 10.6 Å². The standard InChI is InChI=1S/C15H14ClFN4O3S/c16-11-7-9(1-2-12(11)17)19-15(22)13-3-4-14(21-20-13)18-10-5-6-25(23,24)8-10/h1-4,7,10H,5-6,8H2,(H,18,21)(H,19,22). The number of rotatable bonds is 4. The monoisotopic (exact) mass is 384 g/mol. The summed E-state index contributed by atoms with van der Waals surface area (Å²) in [6, 6.07) is 6.61. The third-order valence-corrected chi connectivity index (χ3v) is 5.72. The zero-order valence-electron chi connectivity index (χ0n) is 12.9. The van der Waals surface area contributed by atoms with Gasteiger partial charge in [-0.1, -0.05) is 11.6 Å². The minimum atomic E-state index is -2.99. The van der Waals surface area contributed by atoms with Crippen molar-refractivity contribution in [2.75, 3.05) is 22.1 Å². The molecule has 0 spiro atoms. The highest BCUT2D eigenvalue weighted by Gasteiger charge is 2.28. The van der Waals surface area contributed by atoms with E-state index < -0.39 is 21.6 Å². The molecule has 1 saturated heterocycles. The molecule has 0 bridgehead atoms. The Morgan fingerprint density at radius 1 is 1.24 bits per heavy atom. The summed E-state index contributed by atoms with van der Waals surface area (Å²) < 4.78 is 36.0. The first-order valence-electron chi connectivity index (χ1n) is 7.39. The number of nitrogens with one attached hydrogen (secondary N) is 2. The summed E-state index contributed by atoms with van der Waals surface area (Å²) in [5.74, 6) is -0.501. The van der Waals surface area contributed by atoms with Gasteiger partial charge in [0.25, 0.3) is 5.91 Å². The van der Waals surface area contributed by atoms with Gasteiger partial charge in [-0.15, -0.1) is 10.2 Å². The van der Waals surface area contributed by atoms with Gasteiger partial charge >= 0.3 is 0 Å². The average molecular weight is 385 g/mol. The zero-order valence-corrected chi connectivity index (χ0v) is 14.4. The Hall–Kier alpha value is -2.26. The molecule has 132 valence electrons. The molecule has 1 amide bonds. The fourth-order valence-electron chi connectivity index (χ4n) is 2.42. The third kappa shape index (κ3) is 4.43. The molecule has 1 fully saturated rings. The van der Waals surface area contributed by atoms with Crippen LogP contribution in [-0.2, 0) is 9.84 Å². The average Bonchev–Trinajstić information content (AvgIpc) is 2.90. The number of nitrogens with zero attached hydrogens (tertiary/aromatic N) is 2. The number of carbonyl (C=O) groups is 1. The largest absolute Gasteiger partial charge is 0.365 e. The van der Waals surface area contributed by atoms with Gasteiger partial charge in [0.05, 0.1) is 16.5 Å². The van der Waals surface area contributed by atoms with Crippen molar-refractivity contribution < 1.29 is 17.6 Å². The van der Waals surface area contributed by atoms with Gasteiger partial charge in [0.2, 0.25) is 0 Å². The van der Waals surface area contributed by atoms with E-state index in [0.29, 0.717) is 17.9 Å². The van der Waals surface area contributed by atoms with Crippen LogP contribution in [0.5, 0.6) is 0 Å². The molecular weight excluding hydrogens is 371 g/mol. The lowest BCUT2D eigenvalue weighted by atomic mass is 10.2. The van der Waals surface area contributed by atoms with Crippen LogP contribution in [0.2, 0.25) is 5.02 Å². The highest BCUT2D eigenvalue weighted by molar-refractivity contribution is 7.91. The highest BCUT2D eigenvalue weighted by atomic mass is 35.5. The summed E-state index contributed by atoms with van der Waals surface area (Å²) in [4.78, 5) is 12.1. The predicted octanol–water partition coefficient (Wildman–Crippen LogP) is 2.12. The molecule has 25 heavy (non-hydrogen) atoms. The second kappa shape index (κ2) is 6.93. The van der Waals surface area contributed by atoms with E-state index in [0.717, 1.165) is 6.07 Å². The first kappa shape index (κ1) is 17.6. The molecule has 2 N–H and O–H groups in total. The van der Waals surface area contributed by atoms with Crippen LogP contribution in [0.25, 0.3) is 0 Å². The Labute approximate surface area is 148 Å². The molecule has 2 aromatic rings. The molecule has 1 aromatic heterocycles. The van der Waals surface area contributed by atoms with Gasteiger partial charge in [-0.2, -0.15) is 0 Å². The summed E-state index contributed by atoms with van der Waals surface area (Å²) in [7, 11) is -2.99. The van der Waals surface area contributed by atoms with Crippen molar-refractivity contribution in [2.24, 2.45) is 0 Å². The Kier molecular flexibility index (Phi) is 4.87. The van der Waals surface area contributed by atoms with Crippen molar-refractivity contribution in [2.45, 2.75) is 12.5 Å². The van der Waals surface area contributed by atoms with E-state index in [1.165, 1.54) is 18.2 Å². The SMILES string of the molecule is O=C(Nc1ccc(F)c(Cl)c1)c1ccc(NC2CCS(=O)(=O)C2)nn1. The van der Waals surface area contributed by atoms with Crippen LogP contribution >= 0.6 is 11.6 Å². The molecular formula is C15H14ClFN4O3S. The molecule has 10 heteroatoms. The number of hydrogen-bond donors (Lipinski definition) is 2. The smallest absolute Gasteiger partial charge is 0.276 e. The number of aromatic nitrogens is 2. The summed E-state index contributed by atoms with van der Waals surface area (Å²) in [6.45, 7) is 0. The molecule has 0 aliphatic carbocycles.